The number of amides is 2. The highest BCUT2D eigenvalue weighted by Crippen LogP contribution is 2.30. The van der Waals surface area contributed by atoms with E-state index in [-0.39, 0.29) is 24.3 Å². The van der Waals surface area contributed by atoms with Gasteiger partial charge in [0.05, 0.1) is 0 Å². The van der Waals surface area contributed by atoms with Crippen LogP contribution in [0.15, 0.2) is 16.1 Å². The summed E-state index contributed by atoms with van der Waals surface area (Å²) in [5.74, 6) is 0.769. The van der Waals surface area contributed by atoms with Crippen molar-refractivity contribution in [1.82, 2.24) is 25.3 Å². The second kappa shape index (κ2) is 7.26. The van der Waals surface area contributed by atoms with Gasteiger partial charge < -0.3 is 20.1 Å². The maximum atomic E-state index is 12.9. The third-order valence-electron chi connectivity index (χ3n) is 4.97. The van der Waals surface area contributed by atoms with Gasteiger partial charge in [0, 0.05) is 30.7 Å². The Morgan fingerprint density at radius 1 is 1.37 bits per heavy atom. The van der Waals surface area contributed by atoms with Gasteiger partial charge in [-0.05, 0) is 32.6 Å². The van der Waals surface area contributed by atoms with Crippen LogP contribution in [0.2, 0.25) is 0 Å². The van der Waals surface area contributed by atoms with Crippen molar-refractivity contribution < 1.29 is 14.1 Å². The Labute approximate surface area is 160 Å². The lowest BCUT2D eigenvalue weighted by Crippen LogP contribution is -2.59. The molecule has 2 N–H and O–H groups in total. The van der Waals surface area contributed by atoms with Crippen LogP contribution in [0.5, 0.6) is 0 Å². The van der Waals surface area contributed by atoms with Gasteiger partial charge in [0.15, 0.2) is 11.0 Å². The molecule has 1 aliphatic carbocycles. The minimum Gasteiger partial charge on any atom is -0.351 e. The van der Waals surface area contributed by atoms with Crippen LogP contribution < -0.4 is 10.6 Å². The summed E-state index contributed by atoms with van der Waals surface area (Å²) in [4.78, 5) is 35.6. The highest BCUT2D eigenvalue weighted by atomic mass is 32.1. The molecule has 2 amide bonds. The van der Waals surface area contributed by atoms with Crippen molar-refractivity contribution in [2.45, 2.75) is 50.6 Å². The minimum absolute atomic E-state index is 0.000162. The number of carbonyl (C=O) groups is 2. The van der Waals surface area contributed by atoms with Crippen molar-refractivity contribution in [3.05, 3.63) is 23.3 Å². The number of aryl methyl sites for hydroxylation is 1. The van der Waals surface area contributed by atoms with Crippen molar-refractivity contribution in [2.75, 3.05) is 18.4 Å². The maximum Gasteiger partial charge on any atom is 0.246 e. The van der Waals surface area contributed by atoms with E-state index in [9.17, 15) is 9.59 Å². The summed E-state index contributed by atoms with van der Waals surface area (Å²) < 4.78 is 5.03. The van der Waals surface area contributed by atoms with Crippen LogP contribution >= 0.6 is 11.3 Å². The highest BCUT2D eigenvalue weighted by molar-refractivity contribution is 7.13. The van der Waals surface area contributed by atoms with E-state index in [1.807, 2.05) is 5.38 Å². The monoisotopic (exact) mass is 390 g/mol. The first kappa shape index (κ1) is 17.9. The van der Waals surface area contributed by atoms with Crippen LogP contribution in [0.25, 0.3) is 0 Å². The molecule has 2 aromatic heterocycles. The Hall–Kier alpha value is -2.49. The van der Waals surface area contributed by atoms with Crippen molar-refractivity contribution in [3.63, 3.8) is 0 Å². The molecule has 0 aromatic carbocycles. The molecule has 0 bridgehead atoms. The van der Waals surface area contributed by atoms with Gasteiger partial charge in [-0.25, -0.2) is 4.98 Å². The fraction of sp³-hybridized carbons (Fsp3) is 0.588. The largest absolute Gasteiger partial charge is 0.351 e. The molecular formula is C17H22N6O3S. The summed E-state index contributed by atoms with van der Waals surface area (Å²) in [5, 5.41) is 12.7. The smallest absolute Gasteiger partial charge is 0.246 e. The molecule has 144 valence electrons. The molecule has 0 radical (unpaired) electrons. The lowest BCUT2D eigenvalue weighted by atomic mass is 9.86. The molecular weight excluding hydrogens is 368 g/mol. The zero-order valence-electron chi connectivity index (χ0n) is 15.1. The lowest BCUT2D eigenvalue weighted by Gasteiger charge is -2.41. The third-order valence-corrected chi connectivity index (χ3v) is 5.66. The van der Waals surface area contributed by atoms with E-state index < -0.39 is 5.54 Å². The average molecular weight is 390 g/mol. The number of likely N-dealkylation sites (tertiary alicyclic amines) is 1. The van der Waals surface area contributed by atoms with Gasteiger partial charge in [0.25, 0.3) is 0 Å². The second-order valence-electron chi connectivity index (χ2n) is 7.08. The molecule has 2 aromatic rings. The average Bonchev–Trinajstić information content (AvgIpc) is 3.14. The summed E-state index contributed by atoms with van der Waals surface area (Å²) >= 11 is 1.47. The van der Waals surface area contributed by atoms with Crippen molar-refractivity contribution >= 4 is 28.3 Å². The molecule has 4 rings (SSSR count). The van der Waals surface area contributed by atoms with E-state index in [1.165, 1.54) is 11.3 Å². The molecule has 9 nitrogen and oxygen atoms in total. The van der Waals surface area contributed by atoms with Crippen LogP contribution in [0.4, 0.5) is 5.13 Å². The maximum absolute atomic E-state index is 12.9. The van der Waals surface area contributed by atoms with E-state index in [0.717, 1.165) is 18.0 Å². The van der Waals surface area contributed by atoms with Crippen LogP contribution in [-0.4, -0.2) is 56.5 Å². The Morgan fingerprint density at radius 2 is 2.15 bits per heavy atom. The van der Waals surface area contributed by atoms with E-state index in [2.05, 4.69) is 25.8 Å². The van der Waals surface area contributed by atoms with Crippen molar-refractivity contribution in [2.24, 2.45) is 0 Å². The normalized spacial score (nSPS) is 18.9. The number of rotatable bonds is 6. The molecule has 1 saturated carbocycles. The Morgan fingerprint density at radius 3 is 2.74 bits per heavy atom. The van der Waals surface area contributed by atoms with Crippen LogP contribution in [0.3, 0.4) is 0 Å². The first-order valence-corrected chi connectivity index (χ1v) is 9.98. The number of thiazole rings is 1. The van der Waals surface area contributed by atoms with Crippen molar-refractivity contribution in [1.29, 1.82) is 0 Å². The molecule has 0 unspecified atom stereocenters. The van der Waals surface area contributed by atoms with Crippen LogP contribution in [0.1, 0.15) is 37.4 Å². The predicted molar refractivity (Wildman–Crippen MR) is 98.2 cm³/mol. The summed E-state index contributed by atoms with van der Waals surface area (Å²) in [5.41, 5.74) is -0.738. The van der Waals surface area contributed by atoms with Crippen LogP contribution in [-0.2, 0) is 16.0 Å². The zero-order chi connectivity index (χ0) is 18.9. The fourth-order valence-electron chi connectivity index (χ4n) is 3.24. The minimum atomic E-state index is -0.738. The number of nitrogens with zero attached hydrogens (tertiary/aromatic N) is 4. The molecule has 0 spiro atoms. The lowest BCUT2D eigenvalue weighted by molar-refractivity contribution is -0.135. The molecule has 2 aliphatic rings. The SMILES string of the molecule is Cc1noc(CC(=O)N2CCC(Nc3nccs3)(C(=O)NC3CC3)CC2)n1. The quantitative estimate of drug-likeness (QED) is 0.760. The topological polar surface area (TPSA) is 113 Å². The molecule has 1 saturated heterocycles. The molecule has 3 heterocycles. The Kier molecular flexibility index (Phi) is 4.81. The van der Waals surface area contributed by atoms with E-state index in [4.69, 9.17) is 4.52 Å². The highest BCUT2D eigenvalue weighted by Gasteiger charge is 2.44. The number of piperidine rings is 1. The Bertz CT molecular complexity index is 809. The van der Waals surface area contributed by atoms with Gasteiger partial charge >= 0.3 is 0 Å². The summed E-state index contributed by atoms with van der Waals surface area (Å²) in [7, 11) is 0. The number of anilines is 1. The van der Waals surface area contributed by atoms with E-state index in [1.54, 1.807) is 18.0 Å². The second-order valence-corrected chi connectivity index (χ2v) is 7.98. The van der Waals surface area contributed by atoms with Crippen LogP contribution in [0, 0.1) is 6.92 Å². The summed E-state index contributed by atoms with van der Waals surface area (Å²) in [6.07, 6.45) is 4.92. The number of nitrogens with one attached hydrogen (secondary N) is 2. The third kappa shape index (κ3) is 4.10. The van der Waals surface area contributed by atoms with Gasteiger partial charge in [-0.3, -0.25) is 9.59 Å². The number of carbonyl (C=O) groups excluding carboxylic acids is 2. The fourth-order valence-corrected chi connectivity index (χ4v) is 3.87. The Balaban J connectivity index is 1.41. The van der Waals surface area contributed by atoms with Gasteiger partial charge in [-0.1, -0.05) is 5.16 Å². The number of aromatic nitrogens is 3. The summed E-state index contributed by atoms with van der Waals surface area (Å²) in [6.45, 7) is 2.69. The predicted octanol–water partition coefficient (Wildman–Crippen LogP) is 1.13. The van der Waals surface area contributed by atoms with Gasteiger partial charge in [-0.15, -0.1) is 11.3 Å². The van der Waals surface area contributed by atoms with E-state index >= 15 is 0 Å². The molecule has 2 fully saturated rings. The van der Waals surface area contributed by atoms with E-state index in [0.29, 0.717) is 37.6 Å². The molecule has 27 heavy (non-hydrogen) atoms. The molecule has 0 atom stereocenters. The van der Waals surface area contributed by atoms with Crippen molar-refractivity contribution in [3.8, 4) is 0 Å². The standard InChI is InChI=1S/C17H22N6O3S/c1-11-19-13(26-22-11)10-14(24)23-7-4-17(5-8-23,15(25)20-12-2-3-12)21-16-18-6-9-27-16/h6,9,12H,2-5,7-8,10H2,1H3,(H,18,21)(H,20,25). The van der Waals surface area contributed by atoms with Gasteiger partial charge in [0.1, 0.15) is 12.0 Å². The zero-order valence-corrected chi connectivity index (χ0v) is 15.9. The molecule has 10 heteroatoms. The van der Waals surface area contributed by atoms with Gasteiger partial charge in [0.2, 0.25) is 17.7 Å². The summed E-state index contributed by atoms with van der Waals surface area (Å²) in [6, 6.07) is 0.285. The number of hydrogen-bond donors (Lipinski definition) is 2. The first-order valence-electron chi connectivity index (χ1n) is 9.10. The molecule has 1 aliphatic heterocycles. The number of hydrogen-bond acceptors (Lipinski definition) is 8. The first-order chi connectivity index (χ1) is 13.0. The van der Waals surface area contributed by atoms with Gasteiger partial charge in [-0.2, -0.15) is 4.98 Å².